The van der Waals surface area contributed by atoms with Gasteiger partial charge in [-0.05, 0) is 31.0 Å². The van der Waals surface area contributed by atoms with Gasteiger partial charge in [0.05, 0.1) is 16.8 Å². The van der Waals surface area contributed by atoms with Gasteiger partial charge in [-0.2, -0.15) is 0 Å². The highest BCUT2D eigenvalue weighted by molar-refractivity contribution is 7.14. The molecular formula is C22H19N3O3S. The Morgan fingerprint density at radius 1 is 1.07 bits per heavy atom. The van der Waals surface area contributed by atoms with Gasteiger partial charge >= 0.3 is 0 Å². The van der Waals surface area contributed by atoms with Gasteiger partial charge in [-0.25, -0.2) is 4.98 Å². The molecule has 2 aromatic carbocycles. The highest BCUT2D eigenvalue weighted by Gasteiger charge is 2.40. The number of aromatic nitrogens is 1. The van der Waals surface area contributed by atoms with E-state index in [4.69, 9.17) is 0 Å². The molecule has 0 bridgehead atoms. The van der Waals surface area contributed by atoms with Gasteiger partial charge in [0.25, 0.3) is 11.8 Å². The van der Waals surface area contributed by atoms with Crippen molar-refractivity contribution in [2.45, 2.75) is 26.3 Å². The topological polar surface area (TPSA) is 79.4 Å². The van der Waals surface area contributed by atoms with Crippen molar-refractivity contribution in [3.63, 3.8) is 0 Å². The molecule has 1 N–H and O–H groups in total. The summed E-state index contributed by atoms with van der Waals surface area (Å²) in [5.74, 6) is -1.37. The molecule has 0 radical (unpaired) electrons. The maximum absolute atomic E-state index is 12.7. The van der Waals surface area contributed by atoms with E-state index in [0.29, 0.717) is 16.3 Å². The number of benzene rings is 2. The van der Waals surface area contributed by atoms with Crippen molar-refractivity contribution < 1.29 is 14.4 Å². The quantitative estimate of drug-likeness (QED) is 0.651. The number of thiazole rings is 1. The number of hydrogen-bond donors (Lipinski definition) is 1. The molecule has 0 saturated carbocycles. The van der Waals surface area contributed by atoms with E-state index in [0.717, 1.165) is 22.6 Å². The molecule has 4 rings (SSSR count). The average molecular weight is 405 g/mol. The summed E-state index contributed by atoms with van der Waals surface area (Å²) in [4.78, 5) is 43.3. The lowest BCUT2D eigenvalue weighted by Crippen LogP contribution is -2.45. The van der Waals surface area contributed by atoms with E-state index in [9.17, 15) is 14.4 Å². The van der Waals surface area contributed by atoms with Crippen LogP contribution >= 0.6 is 11.3 Å². The lowest BCUT2D eigenvalue weighted by atomic mass is 10.1. The maximum Gasteiger partial charge on any atom is 0.262 e. The first-order chi connectivity index (χ1) is 14.0. The first-order valence-electron chi connectivity index (χ1n) is 9.32. The van der Waals surface area contributed by atoms with Gasteiger partial charge in [0, 0.05) is 10.9 Å². The Morgan fingerprint density at radius 2 is 1.69 bits per heavy atom. The van der Waals surface area contributed by atoms with Gasteiger partial charge in [-0.1, -0.05) is 43.3 Å². The predicted octanol–water partition coefficient (Wildman–Crippen LogP) is 4.00. The highest BCUT2D eigenvalue weighted by atomic mass is 32.1. The second-order valence-electron chi connectivity index (χ2n) is 6.78. The summed E-state index contributed by atoms with van der Waals surface area (Å²) in [6.07, 6.45) is 0.967. The van der Waals surface area contributed by atoms with E-state index < -0.39 is 23.8 Å². The molecule has 0 fully saturated rings. The van der Waals surface area contributed by atoms with Crippen LogP contribution in [0.4, 0.5) is 5.13 Å². The standard InChI is InChI=1S/C22H19N3O3S/c1-3-14-8-10-15(11-9-14)18-12-29-22(23-18)24-19(26)13(2)25-20(27)16-6-4-5-7-17(16)21(25)28/h4-13H,3H2,1-2H3,(H,23,24,26)/t13-/m0/s1. The molecule has 0 unspecified atom stereocenters. The van der Waals surface area contributed by atoms with Gasteiger partial charge in [-0.15, -0.1) is 11.3 Å². The zero-order chi connectivity index (χ0) is 20.5. The minimum Gasteiger partial charge on any atom is -0.300 e. The van der Waals surface area contributed by atoms with Crippen LogP contribution in [0.25, 0.3) is 11.3 Å². The van der Waals surface area contributed by atoms with Gasteiger partial charge in [-0.3, -0.25) is 19.3 Å². The molecule has 7 heteroatoms. The van der Waals surface area contributed by atoms with Crippen LogP contribution in [0, 0.1) is 0 Å². The molecule has 3 amide bonds. The smallest absolute Gasteiger partial charge is 0.262 e. The Bertz CT molecular complexity index is 1070. The molecule has 1 aliphatic heterocycles. The molecule has 6 nitrogen and oxygen atoms in total. The molecule has 1 aromatic heterocycles. The number of fused-ring (bicyclic) bond motifs is 1. The summed E-state index contributed by atoms with van der Waals surface area (Å²) >= 11 is 1.30. The molecule has 1 atom stereocenters. The largest absolute Gasteiger partial charge is 0.300 e. The van der Waals surface area contributed by atoms with Crippen molar-refractivity contribution in [1.29, 1.82) is 0 Å². The third kappa shape index (κ3) is 3.45. The van der Waals surface area contributed by atoms with Crippen LogP contribution < -0.4 is 5.32 Å². The Morgan fingerprint density at radius 3 is 2.28 bits per heavy atom. The number of hydrogen-bond acceptors (Lipinski definition) is 5. The Balaban J connectivity index is 1.48. The summed E-state index contributed by atoms with van der Waals surface area (Å²) in [5.41, 5.74) is 3.62. The van der Waals surface area contributed by atoms with E-state index >= 15 is 0 Å². The molecule has 2 heterocycles. The number of anilines is 1. The van der Waals surface area contributed by atoms with Crippen molar-refractivity contribution in [2.24, 2.45) is 0 Å². The van der Waals surface area contributed by atoms with Gasteiger partial charge in [0.2, 0.25) is 5.91 Å². The highest BCUT2D eigenvalue weighted by Crippen LogP contribution is 2.27. The van der Waals surface area contributed by atoms with Crippen molar-refractivity contribution >= 4 is 34.2 Å². The number of imide groups is 1. The third-order valence-corrected chi connectivity index (χ3v) is 5.74. The van der Waals surface area contributed by atoms with E-state index in [1.165, 1.54) is 23.8 Å². The number of carbonyl (C=O) groups is 3. The Kier molecular flexibility index (Phi) is 4.98. The number of aryl methyl sites for hydroxylation is 1. The number of carbonyl (C=O) groups excluding carboxylic acids is 3. The summed E-state index contributed by atoms with van der Waals surface area (Å²) in [6, 6.07) is 13.7. The van der Waals surface area contributed by atoms with Crippen LogP contribution in [-0.4, -0.2) is 33.6 Å². The second kappa shape index (κ2) is 7.60. The van der Waals surface area contributed by atoms with Crippen molar-refractivity contribution in [2.75, 3.05) is 5.32 Å². The van der Waals surface area contributed by atoms with E-state index in [2.05, 4.69) is 29.4 Å². The minimum atomic E-state index is -0.946. The molecule has 146 valence electrons. The van der Waals surface area contributed by atoms with Crippen LogP contribution in [0.2, 0.25) is 0 Å². The number of amides is 3. The van der Waals surface area contributed by atoms with E-state index in [1.54, 1.807) is 24.3 Å². The first kappa shape index (κ1) is 19.0. The van der Waals surface area contributed by atoms with Gasteiger partial charge in [0.1, 0.15) is 6.04 Å². The molecule has 3 aromatic rings. The molecule has 29 heavy (non-hydrogen) atoms. The monoisotopic (exact) mass is 405 g/mol. The average Bonchev–Trinajstić information content (AvgIpc) is 3.31. The molecule has 0 aliphatic carbocycles. The molecule has 0 saturated heterocycles. The van der Waals surface area contributed by atoms with Crippen LogP contribution in [0.3, 0.4) is 0 Å². The molecule has 0 spiro atoms. The summed E-state index contributed by atoms with van der Waals surface area (Å²) in [6.45, 7) is 3.63. The fourth-order valence-electron chi connectivity index (χ4n) is 3.26. The lowest BCUT2D eigenvalue weighted by molar-refractivity contribution is -0.119. The van der Waals surface area contributed by atoms with Crippen LogP contribution in [-0.2, 0) is 11.2 Å². The summed E-state index contributed by atoms with van der Waals surface area (Å²) in [5, 5.41) is 5.01. The Hall–Kier alpha value is -3.32. The zero-order valence-electron chi connectivity index (χ0n) is 16.0. The first-order valence-corrected chi connectivity index (χ1v) is 10.2. The maximum atomic E-state index is 12.7. The molecular weight excluding hydrogens is 386 g/mol. The van der Waals surface area contributed by atoms with E-state index in [-0.39, 0.29) is 0 Å². The van der Waals surface area contributed by atoms with E-state index in [1.807, 2.05) is 17.5 Å². The van der Waals surface area contributed by atoms with Crippen molar-refractivity contribution in [3.8, 4) is 11.3 Å². The van der Waals surface area contributed by atoms with Crippen LogP contribution in [0.15, 0.2) is 53.9 Å². The normalized spacial score (nSPS) is 14.1. The van der Waals surface area contributed by atoms with Gasteiger partial charge < -0.3 is 5.32 Å². The SMILES string of the molecule is CCc1ccc(-c2csc(NC(=O)[C@H](C)N3C(=O)c4ccccc4C3=O)n2)cc1. The minimum absolute atomic E-state index is 0.323. The summed E-state index contributed by atoms with van der Waals surface area (Å²) in [7, 11) is 0. The van der Waals surface area contributed by atoms with Crippen LogP contribution in [0.5, 0.6) is 0 Å². The Labute approximate surface area is 172 Å². The third-order valence-electron chi connectivity index (χ3n) is 4.98. The lowest BCUT2D eigenvalue weighted by Gasteiger charge is -2.21. The number of nitrogens with one attached hydrogen (secondary N) is 1. The van der Waals surface area contributed by atoms with Crippen molar-refractivity contribution in [1.82, 2.24) is 9.88 Å². The fourth-order valence-corrected chi connectivity index (χ4v) is 3.98. The molecule has 1 aliphatic rings. The van der Waals surface area contributed by atoms with Gasteiger partial charge in [0.15, 0.2) is 5.13 Å². The van der Waals surface area contributed by atoms with Crippen molar-refractivity contribution in [3.05, 3.63) is 70.6 Å². The number of nitrogens with zero attached hydrogens (tertiary/aromatic N) is 2. The second-order valence-corrected chi connectivity index (χ2v) is 7.64. The number of rotatable bonds is 5. The van der Waals surface area contributed by atoms with Crippen LogP contribution in [0.1, 0.15) is 40.1 Å². The zero-order valence-corrected chi connectivity index (χ0v) is 16.8. The fraction of sp³-hybridized carbons (Fsp3) is 0.182. The predicted molar refractivity (Wildman–Crippen MR) is 112 cm³/mol. The summed E-state index contributed by atoms with van der Waals surface area (Å²) < 4.78 is 0.